The van der Waals surface area contributed by atoms with Gasteiger partial charge in [0.05, 0.1) is 6.04 Å². The summed E-state index contributed by atoms with van der Waals surface area (Å²) in [6.45, 7) is 8.92. The van der Waals surface area contributed by atoms with E-state index in [0.29, 0.717) is 12.5 Å². The highest BCUT2D eigenvalue weighted by Gasteiger charge is 2.32. The van der Waals surface area contributed by atoms with Gasteiger partial charge in [-0.3, -0.25) is 9.69 Å². The topological polar surface area (TPSA) is 32.3 Å². The Morgan fingerprint density at radius 3 is 2.36 bits per heavy atom. The van der Waals surface area contributed by atoms with Crippen molar-refractivity contribution in [2.75, 3.05) is 19.6 Å². The molecule has 3 nitrogen and oxygen atoms in total. The van der Waals surface area contributed by atoms with Crippen LogP contribution in [0.15, 0.2) is 24.3 Å². The molecular formula is C18H27ClN2O. The molecule has 0 heterocycles. The second-order valence-corrected chi connectivity index (χ2v) is 6.60. The molecule has 0 spiro atoms. The van der Waals surface area contributed by atoms with Crippen LogP contribution in [0.4, 0.5) is 0 Å². The van der Waals surface area contributed by atoms with Gasteiger partial charge in [0.25, 0.3) is 0 Å². The summed E-state index contributed by atoms with van der Waals surface area (Å²) in [5.41, 5.74) is 1.20. The minimum Gasteiger partial charge on any atom is -0.354 e. The maximum absolute atomic E-state index is 12.3. The Hall–Kier alpha value is -1.06. The molecule has 1 saturated carbocycles. The molecular weight excluding hydrogens is 296 g/mol. The fourth-order valence-corrected chi connectivity index (χ4v) is 3.10. The van der Waals surface area contributed by atoms with Crippen LogP contribution in [-0.4, -0.2) is 30.4 Å². The van der Waals surface area contributed by atoms with E-state index in [2.05, 4.69) is 36.2 Å². The van der Waals surface area contributed by atoms with Gasteiger partial charge in [-0.15, -0.1) is 0 Å². The van der Waals surface area contributed by atoms with Crippen molar-refractivity contribution in [2.45, 2.75) is 39.7 Å². The molecule has 0 saturated heterocycles. The van der Waals surface area contributed by atoms with Crippen molar-refractivity contribution in [1.29, 1.82) is 0 Å². The summed E-state index contributed by atoms with van der Waals surface area (Å²) in [6, 6.07) is 8.15. The van der Waals surface area contributed by atoms with Crippen molar-refractivity contribution in [2.24, 2.45) is 11.8 Å². The number of likely N-dealkylation sites (N-methyl/N-ethyl adjacent to an activating group) is 1. The number of nitrogens with zero attached hydrogens (tertiary/aromatic N) is 1. The minimum absolute atomic E-state index is 0.141. The molecule has 1 aromatic rings. The molecule has 4 heteroatoms. The summed E-state index contributed by atoms with van der Waals surface area (Å²) in [4.78, 5) is 14.6. The second kappa shape index (κ2) is 7.98. The van der Waals surface area contributed by atoms with Crippen LogP contribution in [0, 0.1) is 11.8 Å². The molecule has 1 N–H and O–H groups in total. The van der Waals surface area contributed by atoms with Crippen LogP contribution in [0.2, 0.25) is 5.02 Å². The third kappa shape index (κ3) is 4.47. The lowest BCUT2D eigenvalue weighted by molar-refractivity contribution is -0.125. The zero-order chi connectivity index (χ0) is 16.1. The van der Waals surface area contributed by atoms with Crippen molar-refractivity contribution >= 4 is 17.5 Å². The van der Waals surface area contributed by atoms with E-state index >= 15 is 0 Å². The lowest BCUT2D eigenvalue weighted by Gasteiger charge is -2.30. The van der Waals surface area contributed by atoms with E-state index in [0.717, 1.165) is 18.1 Å². The summed E-state index contributed by atoms with van der Waals surface area (Å²) >= 11 is 5.99. The maximum atomic E-state index is 12.3. The van der Waals surface area contributed by atoms with Crippen molar-refractivity contribution in [1.82, 2.24) is 10.2 Å². The summed E-state index contributed by atoms with van der Waals surface area (Å²) in [7, 11) is 0. The monoisotopic (exact) mass is 322 g/mol. The zero-order valence-electron chi connectivity index (χ0n) is 13.8. The van der Waals surface area contributed by atoms with Gasteiger partial charge in [-0.25, -0.2) is 0 Å². The Bertz CT molecular complexity index is 480. The fourth-order valence-electron chi connectivity index (χ4n) is 2.98. The number of hydrogen-bond acceptors (Lipinski definition) is 2. The summed E-state index contributed by atoms with van der Waals surface area (Å²) in [6.07, 6.45) is 2.40. The van der Waals surface area contributed by atoms with E-state index in [4.69, 9.17) is 11.6 Å². The highest BCUT2D eigenvalue weighted by atomic mass is 35.5. The van der Waals surface area contributed by atoms with Gasteiger partial charge in [0.2, 0.25) is 5.91 Å². The molecule has 1 amide bonds. The van der Waals surface area contributed by atoms with Crippen molar-refractivity contribution < 1.29 is 4.79 Å². The van der Waals surface area contributed by atoms with Crippen LogP contribution in [0.5, 0.6) is 0 Å². The van der Waals surface area contributed by atoms with E-state index in [1.807, 2.05) is 19.1 Å². The van der Waals surface area contributed by atoms with Crippen LogP contribution in [-0.2, 0) is 4.79 Å². The number of benzene rings is 1. The predicted octanol–water partition coefficient (Wildman–Crippen LogP) is 3.89. The number of carbonyl (C=O) groups is 1. The van der Waals surface area contributed by atoms with Crippen LogP contribution in [0.1, 0.15) is 45.2 Å². The second-order valence-electron chi connectivity index (χ2n) is 6.16. The third-order valence-electron chi connectivity index (χ3n) is 4.72. The first-order chi connectivity index (χ1) is 10.6. The average molecular weight is 323 g/mol. The highest BCUT2D eigenvalue weighted by molar-refractivity contribution is 6.30. The van der Waals surface area contributed by atoms with Gasteiger partial charge >= 0.3 is 0 Å². The first-order valence-electron chi connectivity index (χ1n) is 8.34. The Kier molecular flexibility index (Phi) is 6.27. The zero-order valence-corrected chi connectivity index (χ0v) is 14.6. The first-order valence-corrected chi connectivity index (χ1v) is 8.71. The number of carbonyl (C=O) groups excluding carboxylic acids is 1. The molecule has 122 valence electrons. The van der Waals surface area contributed by atoms with Crippen molar-refractivity contribution in [3.63, 3.8) is 0 Å². The van der Waals surface area contributed by atoms with E-state index in [-0.39, 0.29) is 17.9 Å². The van der Waals surface area contributed by atoms with E-state index < -0.39 is 0 Å². The lowest BCUT2D eigenvalue weighted by atomic mass is 10.0. The maximum Gasteiger partial charge on any atom is 0.223 e. The molecule has 0 aromatic heterocycles. The molecule has 1 aliphatic rings. The van der Waals surface area contributed by atoms with Crippen molar-refractivity contribution in [3.8, 4) is 0 Å². The lowest BCUT2D eigenvalue weighted by Crippen LogP contribution is -2.40. The Balaban J connectivity index is 2.03. The van der Waals surface area contributed by atoms with Crippen LogP contribution in [0.25, 0.3) is 0 Å². The summed E-state index contributed by atoms with van der Waals surface area (Å²) in [5.74, 6) is 0.929. The summed E-state index contributed by atoms with van der Waals surface area (Å²) < 4.78 is 0. The molecule has 0 bridgehead atoms. The van der Waals surface area contributed by atoms with Gasteiger partial charge in [0, 0.05) is 17.5 Å². The Labute approximate surface area is 139 Å². The molecule has 2 atom stereocenters. The van der Waals surface area contributed by atoms with Crippen LogP contribution < -0.4 is 5.32 Å². The third-order valence-corrected chi connectivity index (χ3v) is 4.97. The summed E-state index contributed by atoms with van der Waals surface area (Å²) in [5, 5.41) is 3.90. The number of amides is 1. The smallest absolute Gasteiger partial charge is 0.223 e. The minimum atomic E-state index is 0.141. The molecule has 1 aromatic carbocycles. The number of halogens is 1. The largest absolute Gasteiger partial charge is 0.354 e. The van der Waals surface area contributed by atoms with Crippen LogP contribution >= 0.6 is 11.6 Å². The van der Waals surface area contributed by atoms with Gasteiger partial charge in [-0.2, -0.15) is 0 Å². The molecule has 0 radical (unpaired) electrons. The Morgan fingerprint density at radius 2 is 1.86 bits per heavy atom. The first kappa shape index (κ1) is 17.3. The molecule has 1 fully saturated rings. The van der Waals surface area contributed by atoms with Gasteiger partial charge < -0.3 is 5.32 Å². The van der Waals surface area contributed by atoms with Crippen molar-refractivity contribution in [3.05, 3.63) is 34.9 Å². The van der Waals surface area contributed by atoms with Gasteiger partial charge in [-0.05, 0) is 49.5 Å². The quantitative estimate of drug-likeness (QED) is 0.787. The Morgan fingerprint density at radius 1 is 1.27 bits per heavy atom. The molecule has 22 heavy (non-hydrogen) atoms. The molecule has 1 aliphatic carbocycles. The van der Waals surface area contributed by atoms with E-state index in [1.165, 1.54) is 18.4 Å². The molecule has 0 aliphatic heterocycles. The average Bonchev–Trinajstić information content (AvgIpc) is 3.36. The molecule has 2 unspecified atom stereocenters. The SMILES string of the molecule is CCN(CC)C(CNC(=O)C(C)C1CC1)c1ccc(Cl)cc1. The number of rotatable bonds is 8. The van der Waals surface area contributed by atoms with Gasteiger partial charge in [0.15, 0.2) is 0 Å². The van der Waals surface area contributed by atoms with Gasteiger partial charge in [0.1, 0.15) is 0 Å². The van der Waals surface area contributed by atoms with Gasteiger partial charge in [-0.1, -0.05) is 44.5 Å². The standard InChI is InChI=1S/C18H27ClN2O/c1-4-21(5-2)17(15-8-10-16(19)11-9-15)12-20-18(22)13(3)14-6-7-14/h8-11,13-14,17H,4-7,12H2,1-3H3,(H,20,22). The highest BCUT2D eigenvalue weighted by Crippen LogP contribution is 2.36. The number of hydrogen-bond donors (Lipinski definition) is 1. The predicted molar refractivity (Wildman–Crippen MR) is 92.0 cm³/mol. The molecule has 2 rings (SSSR count). The van der Waals surface area contributed by atoms with Crippen LogP contribution in [0.3, 0.4) is 0 Å². The van der Waals surface area contributed by atoms with E-state index in [1.54, 1.807) is 0 Å². The normalized spacial score (nSPS) is 17.3. The number of nitrogens with one attached hydrogen (secondary N) is 1. The van der Waals surface area contributed by atoms with E-state index in [9.17, 15) is 4.79 Å². The fraction of sp³-hybridized carbons (Fsp3) is 0.611.